The molecule has 1 amide bonds. The van der Waals surface area contributed by atoms with Crippen LogP contribution in [0.5, 0.6) is 5.75 Å². The van der Waals surface area contributed by atoms with Gasteiger partial charge in [0.1, 0.15) is 5.75 Å². The summed E-state index contributed by atoms with van der Waals surface area (Å²) in [6.45, 7) is 2.14. The molecule has 1 aromatic heterocycles. The summed E-state index contributed by atoms with van der Waals surface area (Å²) in [6.07, 6.45) is 0. The first kappa shape index (κ1) is 19.4. The number of aromatic nitrogens is 1. The van der Waals surface area contributed by atoms with Gasteiger partial charge in [0.05, 0.1) is 19.3 Å². The van der Waals surface area contributed by atoms with Crippen molar-refractivity contribution in [3.8, 4) is 17.0 Å². The van der Waals surface area contributed by atoms with Crippen molar-refractivity contribution in [2.24, 2.45) is 0 Å². The average molecular weight is 402 g/mol. The van der Waals surface area contributed by atoms with Gasteiger partial charge in [0.15, 0.2) is 5.13 Å². The lowest BCUT2D eigenvalue weighted by Crippen LogP contribution is -2.30. The Hall–Kier alpha value is -2.41. The van der Waals surface area contributed by atoms with E-state index < -0.39 is 0 Å². The van der Waals surface area contributed by atoms with Gasteiger partial charge in [0.2, 0.25) is 5.91 Å². The Morgan fingerprint density at radius 3 is 2.67 bits per heavy atom. The first-order chi connectivity index (χ1) is 13.1. The maximum atomic E-state index is 12.2. The predicted molar refractivity (Wildman–Crippen MR) is 111 cm³/mol. The van der Waals surface area contributed by atoms with Crippen LogP contribution in [0, 0.1) is 0 Å². The number of anilines is 1. The summed E-state index contributed by atoms with van der Waals surface area (Å²) in [5.41, 5.74) is 2.75. The number of hydrogen-bond donors (Lipinski definition) is 2. The zero-order valence-electron chi connectivity index (χ0n) is 15.0. The molecule has 0 spiro atoms. The molecule has 7 heteroatoms. The van der Waals surface area contributed by atoms with Crippen molar-refractivity contribution in [3.63, 3.8) is 0 Å². The van der Waals surface area contributed by atoms with E-state index in [1.807, 2.05) is 60.8 Å². The second kappa shape index (κ2) is 8.99. The van der Waals surface area contributed by atoms with E-state index in [0.29, 0.717) is 10.2 Å². The lowest BCUT2D eigenvalue weighted by molar-refractivity contribution is -0.115. The second-order valence-electron chi connectivity index (χ2n) is 5.94. The van der Waals surface area contributed by atoms with Crippen molar-refractivity contribution in [2.45, 2.75) is 13.0 Å². The SMILES string of the molecule is COc1ccc(-c2csc(NC(=O)CN[C@@H](C)c3ccccc3Cl)n2)cc1. The lowest BCUT2D eigenvalue weighted by atomic mass is 10.1. The third-order valence-electron chi connectivity index (χ3n) is 4.08. The molecule has 0 aliphatic heterocycles. The Balaban J connectivity index is 1.55. The number of ether oxygens (including phenoxy) is 1. The van der Waals surface area contributed by atoms with Gasteiger partial charge in [-0.05, 0) is 42.8 Å². The van der Waals surface area contributed by atoms with E-state index in [2.05, 4.69) is 15.6 Å². The highest BCUT2D eigenvalue weighted by molar-refractivity contribution is 7.14. The number of rotatable bonds is 7. The highest BCUT2D eigenvalue weighted by Crippen LogP contribution is 2.26. The molecule has 0 unspecified atom stereocenters. The Kier molecular flexibility index (Phi) is 6.45. The maximum Gasteiger partial charge on any atom is 0.240 e. The van der Waals surface area contributed by atoms with Gasteiger partial charge in [0, 0.05) is 22.0 Å². The van der Waals surface area contributed by atoms with Gasteiger partial charge in [-0.3, -0.25) is 4.79 Å². The fourth-order valence-electron chi connectivity index (χ4n) is 2.57. The normalized spacial score (nSPS) is 11.8. The quantitative estimate of drug-likeness (QED) is 0.599. The summed E-state index contributed by atoms with van der Waals surface area (Å²) in [5.74, 6) is 0.644. The van der Waals surface area contributed by atoms with Gasteiger partial charge in [0.25, 0.3) is 0 Å². The van der Waals surface area contributed by atoms with E-state index in [9.17, 15) is 4.79 Å². The van der Waals surface area contributed by atoms with E-state index >= 15 is 0 Å². The Bertz CT molecular complexity index is 912. The van der Waals surface area contributed by atoms with Gasteiger partial charge in [-0.15, -0.1) is 11.3 Å². The number of carbonyl (C=O) groups excluding carboxylic acids is 1. The van der Waals surface area contributed by atoms with Crippen LogP contribution in [0.15, 0.2) is 53.9 Å². The number of carbonyl (C=O) groups is 1. The number of nitrogens with one attached hydrogen (secondary N) is 2. The molecule has 0 saturated heterocycles. The molecule has 0 bridgehead atoms. The highest BCUT2D eigenvalue weighted by atomic mass is 35.5. The molecule has 1 heterocycles. The minimum atomic E-state index is -0.149. The van der Waals surface area contributed by atoms with E-state index in [0.717, 1.165) is 22.6 Å². The summed E-state index contributed by atoms with van der Waals surface area (Å²) in [7, 11) is 1.63. The summed E-state index contributed by atoms with van der Waals surface area (Å²) in [6, 6.07) is 15.2. The molecule has 2 N–H and O–H groups in total. The molecule has 27 heavy (non-hydrogen) atoms. The summed E-state index contributed by atoms with van der Waals surface area (Å²) >= 11 is 7.58. The molecule has 0 fully saturated rings. The van der Waals surface area contributed by atoms with Crippen molar-refractivity contribution >= 4 is 34.0 Å². The van der Waals surface area contributed by atoms with Gasteiger partial charge < -0.3 is 15.4 Å². The fraction of sp³-hybridized carbons (Fsp3) is 0.200. The molecule has 0 aliphatic rings. The topological polar surface area (TPSA) is 63.2 Å². The number of halogens is 1. The van der Waals surface area contributed by atoms with Crippen molar-refractivity contribution in [1.82, 2.24) is 10.3 Å². The van der Waals surface area contributed by atoms with Crippen LogP contribution < -0.4 is 15.4 Å². The number of nitrogens with zero attached hydrogens (tertiary/aromatic N) is 1. The molecule has 1 atom stereocenters. The zero-order chi connectivity index (χ0) is 19.2. The van der Waals surface area contributed by atoms with Crippen molar-refractivity contribution < 1.29 is 9.53 Å². The van der Waals surface area contributed by atoms with E-state index in [4.69, 9.17) is 16.3 Å². The largest absolute Gasteiger partial charge is 0.497 e. The van der Waals surface area contributed by atoms with Crippen LogP contribution in [-0.2, 0) is 4.79 Å². The van der Waals surface area contributed by atoms with Crippen LogP contribution >= 0.6 is 22.9 Å². The number of hydrogen-bond acceptors (Lipinski definition) is 5. The summed E-state index contributed by atoms with van der Waals surface area (Å²) in [4.78, 5) is 16.7. The molecular weight excluding hydrogens is 382 g/mol. The number of methoxy groups -OCH3 is 1. The third-order valence-corrected chi connectivity index (χ3v) is 5.18. The van der Waals surface area contributed by atoms with Crippen molar-refractivity contribution in [3.05, 3.63) is 64.5 Å². The zero-order valence-corrected chi connectivity index (χ0v) is 16.6. The van der Waals surface area contributed by atoms with Crippen LogP contribution in [0.4, 0.5) is 5.13 Å². The first-order valence-corrected chi connectivity index (χ1v) is 9.70. The van der Waals surface area contributed by atoms with Crippen LogP contribution in [-0.4, -0.2) is 24.5 Å². The summed E-state index contributed by atoms with van der Waals surface area (Å²) < 4.78 is 5.16. The predicted octanol–water partition coefficient (Wildman–Crippen LogP) is 4.76. The van der Waals surface area contributed by atoms with Crippen LogP contribution in [0.25, 0.3) is 11.3 Å². The summed E-state index contributed by atoms with van der Waals surface area (Å²) in [5, 5.41) is 9.17. The number of amides is 1. The Morgan fingerprint density at radius 2 is 1.96 bits per heavy atom. The van der Waals surface area contributed by atoms with Crippen LogP contribution in [0.2, 0.25) is 5.02 Å². The first-order valence-electron chi connectivity index (χ1n) is 8.44. The minimum absolute atomic E-state index is 0.0318. The van der Waals surface area contributed by atoms with E-state index in [1.165, 1.54) is 11.3 Å². The maximum absolute atomic E-state index is 12.2. The Labute approximate surface area is 167 Å². The monoisotopic (exact) mass is 401 g/mol. The van der Waals surface area contributed by atoms with Crippen LogP contribution in [0.3, 0.4) is 0 Å². The smallest absolute Gasteiger partial charge is 0.240 e. The molecule has 140 valence electrons. The van der Waals surface area contributed by atoms with Gasteiger partial charge in [-0.1, -0.05) is 29.8 Å². The molecule has 0 aliphatic carbocycles. The van der Waals surface area contributed by atoms with Crippen molar-refractivity contribution in [1.29, 1.82) is 0 Å². The molecule has 0 radical (unpaired) electrons. The molecule has 0 saturated carbocycles. The number of benzene rings is 2. The van der Waals surface area contributed by atoms with Gasteiger partial charge >= 0.3 is 0 Å². The molecule has 3 aromatic rings. The second-order valence-corrected chi connectivity index (χ2v) is 7.20. The standard InChI is InChI=1S/C20H20ClN3O2S/c1-13(16-5-3-4-6-17(16)21)22-11-19(25)24-20-23-18(12-27-20)14-7-9-15(26-2)10-8-14/h3-10,12-13,22H,11H2,1-2H3,(H,23,24,25)/t13-/m0/s1. The lowest BCUT2D eigenvalue weighted by Gasteiger charge is -2.15. The van der Waals surface area contributed by atoms with Gasteiger partial charge in [-0.25, -0.2) is 4.98 Å². The molecular formula is C20H20ClN3O2S. The fourth-order valence-corrected chi connectivity index (χ4v) is 3.61. The molecule has 2 aromatic carbocycles. The van der Waals surface area contributed by atoms with Crippen LogP contribution in [0.1, 0.15) is 18.5 Å². The van der Waals surface area contributed by atoms with Crippen molar-refractivity contribution in [2.75, 3.05) is 19.0 Å². The molecule has 5 nitrogen and oxygen atoms in total. The molecule has 3 rings (SSSR count). The number of thiazole rings is 1. The van der Waals surface area contributed by atoms with E-state index in [-0.39, 0.29) is 18.5 Å². The van der Waals surface area contributed by atoms with E-state index in [1.54, 1.807) is 7.11 Å². The minimum Gasteiger partial charge on any atom is -0.497 e. The van der Waals surface area contributed by atoms with Gasteiger partial charge in [-0.2, -0.15) is 0 Å². The Morgan fingerprint density at radius 1 is 1.22 bits per heavy atom. The average Bonchev–Trinajstić information content (AvgIpc) is 3.15. The highest BCUT2D eigenvalue weighted by Gasteiger charge is 2.12. The third kappa shape index (κ3) is 5.07.